The van der Waals surface area contributed by atoms with E-state index >= 15 is 0 Å². The Morgan fingerprint density at radius 1 is 1.30 bits per heavy atom. The number of ether oxygens (including phenoxy) is 1. The topological polar surface area (TPSA) is 26.3 Å². The van der Waals surface area contributed by atoms with Crippen LogP contribution in [0.15, 0.2) is 36.4 Å². The molecule has 0 fully saturated rings. The predicted molar refractivity (Wildman–Crippen MR) is 88.8 cm³/mol. The van der Waals surface area contributed by atoms with Crippen molar-refractivity contribution in [3.8, 4) is 0 Å². The zero-order chi connectivity index (χ0) is 15.2. The summed E-state index contributed by atoms with van der Waals surface area (Å²) in [5, 5.41) is 0. The summed E-state index contributed by atoms with van der Waals surface area (Å²) >= 11 is 2.29. The molecule has 0 spiro atoms. The number of hydrogen-bond acceptors (Lipinski definition) is 2. The number of esters is 1. The van der Waals surface area contributed by atoms with Crippen LogP contribution in [0.1, 0.15) is 12.5 Å². The fourth-order valence-corrected chi connectivity index (χ4v) is 5.73. The van der Waals surface area contributed by atoms with Gasteiger partial charge in [-0.2, -0.15) is 0 Å². The predicted octanol–water partition coefficient (Wildman–Crippen LogP) is 4.90. The Morgan fingerprint density at radius 3 is 2.40 bits per heavy atom. The van der Waals surface area contributed by atoms with Crippen molar-refractivity contribution >= 4 is 65.4 Å². The fraction of sp³-hybridized carbons (Fsp3) is 0.308. The van der Waals surface area contributed by atoms with Gasteiger partial charge in [0.1, 0.15) is 0 Å². The van der Waals surface area contributed by atoms with Crippen molar-refractivity contribution in [2.45, 2.75) is 17.0 Å². The first kappa shape index (κ1) is 18.4. The van der Waals surface area contributed by atoms with Gasteiger partial charge in [-0.05, 0) is 0 Å². The first-order valence-electron chi connectivity index (χ1n) is 5.75. The van der Waals surface area contributed by atoms with Crippen LogP contribution in [0.25, 0.3) is 6.08 Å². The molecule has 112 valence electrons. The standard InChI is InChI=1S/C13H14Cl4O2Te/c1-10(20(15,16)17)12(9-14)19-13(18)8-7-11-5-3-2-4-6-11/h2-8,10,12H,9H2,1H3/b8-7+/t10-,12+/m0/s1. The van der Waals surface area contributed by atoms with Gasteiger partial charge < -0.3 is 0 Å². The molecule has 20 heavy (non-hydrogen) atoms. The van der Waals surface area contributed by atoms with Crippen molar-refractivity contribution in [3.05, 3.63) is 42.0 Å². The molecule has 0 aliphatic rings. The van der Waals surface area contributed by atoms with Gasteiger partial charge in [0.05, 0.1) is 0 Å². The van der Waals surface area contributed by atoms with Crippen molar-refractivity contribution in [1.82, 2.24) is 0 Å². The second-order valence-electron chi connectivity index (χ2n) is 4.02. The molecule has 1 aromatic rings. The molecular formula is C13H14Cl4O2Te. The molecule has 0 amide bonds. The first-order valence-corrected chi connectivity index (χ1v) is 16.5. The second kappa shape index (κ2) is 8.73. The molecule has 0 aromatic heterocycles. The third kappa shape index (κ3) is 6.43. The van der Waals surface area contributed by atoms with Crippen LogP contribution in [-0.4, -0.2) is 32.8 Å². The van der Waals surface area contributed by atoms with Gasteiger partial charge >= 0.3 is 140 Å². The first-order chi connectivity index (χ1) is 9.34. The molecule has 0 aliphatic heterocycles. The van der Waals surface area contributed by atoms with Gasteiger partial charge in [0.15, 0.2) is 0 Å². The van der Waals surface area contributed by atoms with Crippen LogP contribution in [-0.2, 0) is 9.53 Å². The van der Waals surface area contributed by atoms with Gasteiger partial charge in [-0.15, -0.1) is 0 Å². The maximum absolute atomic E-state index is 11.7. The Balaban J connectivity index is 2.62. The van der Waals surface area contributed by atoms with Gasteiger partial charge in [0.25, 0.3) is 0 Å². The SMILES string of the molecule is C[C@@H]([C@@H](CCl)OC(=O)/C=C/c1ccccc1)[Te](Cl)(Cl)Cl. The summed E-state index contributed by atoms with van der Waals surface area (Å²) < 4.78 is 4.92. The van der Waals surface area contributed by atoms with E-state index < -0.39 is 26.9 Å². The number of carbonyl (C=O) groups is 1. The fourth-order valence-electron chi connectivity index (χ4n) is 1.34. The third-order valence-electron chi connectivity index (χ3n) is 2.58. The molecule has 1 aromatic carbocycles. The van der Waals surface area contributed by atoms with E-state index in [4.69, 9.17) is 43.2 Å². The quantitative estimate of drug-likeness (QED) is 0.255. The number of carbonyl (C=O) groups excluding carboxylic acids is 1. The molecule has 2 nitrogen and oxygen atoms in total. The van der Waals surface area contributed by atoms with Gasteiger partial charge in [-0.1, -0.05) is 0 Å². The van der Waals surface area contributed by atoms with E-state index in [1.165, 1.54) is 6.08 Å². The average Bonchev–Trinajstić information content (AvgIpc) is 2.42. The number of benzene rings is 1. The van der Waals surface area contributed by atoms with Gasteiger partial charge in [0.2, 0.25) is 0 Å². The number of alkyl halides is 1. The van der Waals surface area contributed by atoms with E-state index in [-0.39, 0.29) is 9.85 Å². The van der Waals surface area contributed by atoms with E-state index in [1.54, 1.807) is 13.0 Å². The molecule has 0 saturated heterocycles. The Morgan fingerprint density at radius 2 is 1.90 bits per heavy atom. The summed E-state index contributed by atoms with van der Waals surface area (Å²) in [5.41, 5.74) is 0.902. The van der Waals surface area contributed by atoms with Crippen molar-refractivity contribution in [3.63, 3.8) is 0 Å². The van der Waals surface area contributed by atoms with Gasteiger partial charge in [-0.25, -0.2) is 0 Å². The molecule has 2 atom stereocenters. The summed E-state index contributed by atoms with van der Waals surface area (Å²) in [6.07, 6.45) is 2.42. The van der Waals surface area contributed by atoms with Crippen LogP contribution in [0, 0.1) is 0 Å². The zero-order valence-electron chi connectivity index (χ0n) is 10.6. The Labute approximate surface area is 139 Å². The second-order valence-corrected chi connectivity index (χ2v) is 22.0. The van der Waals surface area contributed by atoms with E-state index in [9.17, 15) is 4.79 Å². The Bertz CT molecular complexity index is 459. The summed E-state index contributed by atoms with van der Waals surface area (Å²) in [7, 11) is 17.9. The summed E-state index contributed by atoms with van der Waals surface area (Å²) in [4.78, 5) is 11.7. The maximum atomic E-state index is 11.7. The molecule has 0 heterocycles. The van der Waals surface area contributed by atoms with E-state index in [2.05, 4.69) is 0 Å². The third-order valence-corrected chi connectivity index (χ3v) is 11.8. The van der Waals surface area contributed by atoms with Crippen LogP contribution >= 0.6 is 38.5 Å². The summed E-state index contributed by atoms with van der Waals surface area (Å²) in [6, 6.07) is 9.41. The Kier molecular flexibility index (Phi) is 8.05. The molecular weight excluding hydrogens is 458 g/mol. The van der Waals surface area contributed by atoms with Crippen molar-refractivity contribution in [2.24, 2.45) is 0 Å². The zero-order valence-corrected chi connectivity index (χ0v) is 16.0. The van der Waals surface area contributed by atoms with Crippen molar-refractivity contribution in [1.29, 1.82) is 0 Å². The molecule has 0 unspecified atom stereocenters. The van der Waals surface area contributed by atoms with Gasteiger partial charge in [0, 0.05) is 0 Å². The van der Waals surface area contributed by atoms with Crippen LogP contribution < -0.4 is 0 Å². The molecule has 7 heteroatoms. The molecule has 0 saturated carbocycles. The molecule has 0 N–H and O–H groups in total. The summed E-state index contributed by atoms with van der Waals surface area (Å²) in [6.45, 7) is 1.75. The van der Waals surface area contributed by atoms with Gasteiger partial charge in [-0.3, -0.25) is 0 Å². The average molecular weight is 472 g/mol. The minimum absolute atomic E-state index is 0.103. The summed E-state index contributed by atoms with van der Waals surface area (Å²) in [5.74, 6) is -0.394. The van der Waals surface area contributed by atoms with E-state index in [0.717, 1.165) is 5.56 Å². The van der Waals surface area contributed by atoms with Crippen LogP contribution in [0.5, 0.6) is 0 Å². The molecule has 1 rings (SSSR count). The Hall–Kier alpha value is 0.380. The van der Waals surface area contributed by atoms with Crippen LogP contribution in [0.3, 0.4) is 0 Å². The number of hydrogen-bond donors (Lipinski definition) is 0. The molecule has 0 radical (unpaired) electrons. The number of halogens is 4. The van der Waals surface area contributed by atoms with Crippen LogP contribution in [0.4, 0.5) is 0 Å². The molecule has 0 bridgehead atoms. The van der Waals surface area contributed by atoms with Crippen molar-refractivity contribution in [2.75, 3.05) is 5.88 Å². The molecule has 0 aliphatic carbocycles. The monoisotopic (exact) mass is 472 g/mol. The van der Waals surface area contributed by atoms with Crippen molar-refractivity contribution < 1.29 is 9.53 Å². The van der Waals surface area contributed by atoms with Crippen LogP contribution in [0.2, 0.25) is 3.97 Å². The number of rotatable bonds is 6. The minimum atomic E-state index is -3.49. The van der Waals surface area contributed by atoms with E-state index in [0.29, 0.717) is 0 Å². The normalized spacial score (nSPS) is 15.8. The van der Waals surface area contributed by atoms with E-state index in [1.807, 2.05) is 30.3 Å².